The van der Waals surface area contributed by atoms with Crippen molar-refractivity contribution in [1.29, 1.82) is 0 Å². The van der Waals surface area contributed by atoms with Crippen LogP contribution in [0.2, 0.25) is 0 Å². The molecule has 158 valence electrons. The van der Waals surface area contributed by atoms with Crippen molar-refractivity contribution in [2.24, 2.45) is 0 Å². The minimum absolute atomic E-state index is 0.0132. The van der Waals surface area contributed by atoms with E-state index in [4.69, 9.17) is 9.26 Å². The lowest BCUT2D eigenvalue weighted by atomic mass is 10.1. The van der Waals surface area contributed by atoms with Crippen molar-refractivity contribution in [2.45, 2.75) is 39.1 Å². The number of nitrogens with zero attached hydrogens (tertiary/aromatic N) is 4. The predicted octanol–water partition coefficient (Wildman–Crippen LogP) is 4.22. The Balaban J connectivity index is 1.62. The molecule has 1 aliphatic rings. The quantitative estimate of drug-likeness (QED) is 0.632. The summed E-state index contributed by atoms with van der Waals surface area (Å²) in [4.78, 5) is 14.5. The van der Waals surface area contributed by atoms with Crippen LogP contribution in [0, 0.1) is 13.8 Å². The van der Waals surface area contributed by atoms with Gasteiger partial charge in [-0.25, -0.2) is 4.68 Å². The van der Waals surface area contributed by atoms with Gasteiger partial charge < -0.3 is 9.26 Å². The first kappa shape index (κ1) is 20.0. The Kier molecular flexibility index (Phi) is 5.00. The Morgan fingerprint density at radius 2 is 2.00 bits per heavy atom. The Morgan fingerprint density at radius 3 is 2.70 bits per heavy atom. The van der Waals surface area contributed by atoms with Crippen LogP contribution in [0.3, 0.4) is 0 Å². The van der Waals surface area contributed by atoms with Crippen LogP contribution in [-0.2, 0) is 6.61 Å². The van der Waals surface area contributed by atoms with Crippen molar-refractivity contribution in [3.63, 3.8) is 0 Å². The zero-order valence-corrected chi connectivity index (χ0v) is 16.3. The van der Waals surface area contributed by atoms with Gasteiger partial charge in [-0.1, -0.05) is 23.4 Å². The fourth-order valence-corrected chi connectivity index (χ4v) is 3.46. The average molecular weight is 420 g/mol. The zero-order valence-electron chi connectivity index (χ0n) is 16.3. The summed E-state index contributed by atoms with van der Waals surface area (Å²) in [7, 11) is 0. The lowest BCUT2D eigenvalue weighted by Crippen LogP contribution is -2.43. The maximum absolute atomic E-state index is 13.4. The maximum atomic E-state index is 13.4. The molecule has 3 aromatic rings. The number of ether oxygens (including phenoxy) is 1. The summed E-state index contributed by atoms with van der Waals surface area (Å²) >= 11 is 0. The fraction of sp³-hybridized carbons (Fsp3) is 0.350. The maximum Gasteiger partial charge on any atom is 0.410 e. The number of alkyl halides is 3. The molecule has 0 N–H and O–H groups in total. The first-order valence-electron chi connectivity index (χ1n) is 9.33. The second-order valence-corrected chi connectivity index (χ2v) is 7.06. The third kappa shape index (κ3) is 3.64. The number of halogens is 3. The molecule has 10 heteroatoms. The molecule has 0 aliphatic carbocycles. The molecule has 0 spiro atoms. The van der Waals surface area contributed by atoms with Crippen LogP contribution in [0.15, 0.2) is 40.9 Å². The molecule has 0 saturated carbocycles. The number of carbonyl (C=O) groups is 1. The number of rotatable bonds is 4. The van der Waals surface area contributed by atoms with E-state index >= 15 is 0 Å². The van der Waals surface area contributed by atoms with Crippen LogP contribution in [0.1, 0.15) is 40.0 Å². The molecule has 1 atom stereocenters. The van der Waals surface area contributed by atoms with Crippen molar-refractivity contribution in [2.75, 3.05) is 11.4 Å². The fourth-order valence-electron chi connectivity index (χ4n) is 3.46. The summed E-state index contributed by atoms with van der Waals surface area (Å²) in [6, 6.07) is 8.71. The van der Waals surface area contributed by atoms with Gasteiger partial charge >= 0.3 is 6.18 Å². The molecule has 0 saturated heterocycles. The van der Waals surface area contributed by atoms with Crippen molar-refractivity contribution >= 4 is 11.7 Å². The first-order valence-corrected chi connectivity index (χ1v) is 9.33. The average Bonchev–Trinajstić information content (AvgIpc) is 3.27. The minimum Gasteiger partial charge on any atom is -0.489 e. The summed E-state index contributed by atoms with van der Waals surface area (Å²) in [6.07, 6.45) is -4.75. The Morgan fingerprint density at radius 1 is 1.27 bits per heavy atom. The van der Waals surface area contributed by atoms with Crippen LogP contribution >= 0.6 is 0 Å². The summed E-state index contributed by atoms with van der Waals surface area (Å²) in [5, 5.41) is 7.82. The molecule has 3 heterocycles. The van der Waals surface area contributed by atoms with Crippen LogP contribution in [0.5, 0.6) is 5.75 Å². The second kappa shape index (κ2) is 7.51. The smallest absolute Gasteiger partial charge is 0.410 e. The summed E-state index contributed by atoms with van der Waals surface area (Å²) in [5.41, 5.74) is 0.854. The monoisotopic (exact) mass is 420 g/mol. The van der Waals surface area contributed by atoms with E-state index < -0.39 is 18.1 Å². The van der Waals surface area contributed by atoms with Crippen molar-refractivity contribution in [3.8, 4) is 5.75 Å². The van der Waals surface area contributed by atoms with Crippen molar-refractivity contribution in [1.82, 2.24) is 14.9 Å². The number of aromatic nitrogens is 3. The number of benzene rings is 1. The number of para-hydroxylation sites is 1. The van der Waals surface area contributed by atoms with Crippen molar-refractivity contribution in [3.05, 3.63) is 59.1 Å². The van der Waals surface area contributed by atoms with Gasteiger partial charge in [0.25, 0.3) is 5.91 Å². The molecular formula is C20H19F3N4O3. The van der Waals surface area contributed by atoms with E-state index in [1.165, 1.54) is 11.0 Å². The third-order valence-corrected chi connectivity index (χ3v) is 4.97. The standard InChI is InChI=1S/C20H19F3N4O3/c1-12-10-17-26(9-8-16(20(21,22)23)27(17)24-12)19(28)18-15(13(2)30-25-18)11-29-14-6-4-3-5-7-14/h3-7,10,16H,8-9,11H2,1-2H3. The Hall–Kier alpha value is -3.30. The highest BCUT2D eigenvalue weighted by Crippen LogP contribution is 2.40. The number of hydrogen-bond donors (Lipinski definition) is 0. The minimum atomic E-state index is -4.46. The van der Waals surface area contributed by atoms with Gasteiger partial charge in [-0.2, -0.15) is 18.3 Å². The lowest BCUT2D eigenvalue weighted by molar-refractivity contribution is -0.172. The van der Waals surface area contributed by atoms with Crippen molar-refractivity contribution < 1.29 is 27.2 Å². The normalized spacial score (nSPS) is 16.4. The van der Waals surface area contributed by atoms with Gasteiger partial charge in [0, 0.05) is 12.6 Å². The van der Waals surface area contributed by atoms with Gasteiger partial charge in [0.1, 0.15) is 23.9 Å². The molecule has 30 heavy (non-hydrogen) atoms. The largest absolute Gasteiger partial charge is 0.489 e. The molecule has 0 radical (unpaired) electrons. The summed E-state index contributed by atoms with van der Waals surface area (Å²) in [6.45, 7) is 3.16. The number of anilines is 1. The van der Waals surface area contributed by atoms with Gasteiger partial charge in [0.15, 0.2) is 11.7 Å². The van der Waals surface area contributed by atoms with Crippen LogP contribution < -0.4 is 9.64 Å². The molecule has 0 fully saturated rings. The van der Waals surface area contributed by atoms with Gasteiger partial charge in [-0.05, 0) is 32.4 Å². The third-order valence-electron chi connectivity index (χ3n) is 4.97. The van der Waals surface area contributed by atoms with Crippen LogP contribution in [0.4, 0.5) is 19.0 Å². The van der Waals surface area contributed by atoms with Crippen LogP contribution in [0.25, 0.3) is 0 Å². The summed E-state index contributed by atoms with van der Waals surface area (Å²) in [5.74, 6) is 0.544. The molecule has 1 unspecified atom stereocenters. The highest BCUT2D eigenvalue weighted by Gasteiger charge is 2.46. The van der Waals surface area contributed by atoms with E-state index in [-0.39, 0.29) is 31.1 Å². The number of carbonyl (C=O) groups excluding carboxylic acids is 1. The Labute approximate surface area is 170 Å². The van der Waals surface area contributed by atoms with E-state index in [1.807, 2.05) is 18.2 Å². The molecule has 1 aromatic carbocycles. The van der Waals surface area contributed by atoms with Gasteiger partial charge in [0.2, 0.25) is 0 Å². The van der Waals surface area contributed by atoms with Gasteiger partial charge in [-0.3, -0.25) is 9.69 Å². The van der Waals surface area contributed by atoms with Crippen LogP contribution in [-0.4, -0.2) is 33.6 Å². The molecule has 2 aromatic heterocycles. The molecule has 4 rings (SSSR count). The second-order valence-electron chi connectivity index (χ2n) is 7.06. The topological polar surface area (TPSA) is 73.4 Å². The number of aryl methyl sites for hydroxylation is 2. The SMILES string of the molecule is Cc1cc2n(n1)C(C(F)(F)F)CCN2C(=O)c1noc(C)c1COc1ccccc1. The number of amides is 1. The van der Waals surface area contributed by atoms with E-state index in [9.17, 15) is 18.0 Å². The molecular weight excluding hydrogens is 401 g/mol. The molecule has 7 nitrogen and oxygen atoms in total. The van der Waals surface area contributed by atoms with E-state index in [0.717, 1.165) is 4.68 Å². The predicted molar refractivity (Wildman–Crippen MR) is 100 cm³/mol. The van der Waals surface area contributed by atoms with E-state index in [1.54, 1.807) is 26.0 Å². The first-order chi connectivity index (χ1) is 14.3. The highest BCUT2D eigenvalue weighted by molar-refractivity contribution is 6.05. The highest BCUT2D eigenvalue weighted by atomic mass is 19.4. The van der Waals surface area contributed by atoms with Gasteiger partial charge in [-0.15, -0.1) is 0 Å². The lowest BCUT2D eigenvalue weighted by Gasteiger charge is -2.33. The molecule has 1 aliphatic heterocycles. The molecule has 0 bridgehead atoms. The number of fused-ring (bicyclic) bond motifs is 1. The van der Waals surface area contributed by atoms with E-state index in [0.29, 0.717) is 22.8 Å². The van der Waals surface area contributed by atoms with Gasteiger partial charge in [0.05, 0.1) is 11.3 Å². The Bertz CT molecular complexity index is 1060. The molecule has 1 amide bonds. The summed E-state index contributed by atoms with van der Waals surface area (Å²) < 4.78 is 52.0. The zero-order chi connectivity index (χ0) is 21.5. The van der Waals surface area contributed by atoms with E-state index in [2.05, 4.69) is 10.3 Å². The number of hydrogen-bond acceptors (Lipinski definition) is 5.